The van der Waals surface area contributed by atoms with Crippen molar-refractivity contribution in [1.29, 1.82) is 0 Å². The van der Waals surface area contributed by atoms with Crippen LogP contribution in [0.2, 0.25) is 0 Å². The lowest BCUT2D eigenvalue weighted by molar-refractivity contribution is -0.404. The van der Waals surface area contributed by atoms with Gasteiger partial charge < -0.3 is 174 Å². The number of aliphatic hydroxyl groups is 20. The molecule has 37 nitrogen and oxygen atoms in total. The summed E-state index contributed by atoms with van der Waals surface area (Å²) in [6.45, 7) is -2.99. The molecule has 7 saturated heterocycles. The van der Waals surface area contributed by atoms with Crippen molar-refractivity contribution in [3.05, 3.63) is 0 Å². The van der Waals surface area contributed by atoms with Crippen LogP contribution in [0.1, 0.15) is 20.8 Å². The van der Waals surface area contributed by atoms with E-state index in [2.05, 4.69) is 10.6 Å². The first-order valence-corrected chi connectivity index (χ1v) is 26.5. The summed E-state index contributed by atoms with van der Waals surface area (Å²) in [5.41, 5.74) is 0. The van der Waals surface area contributed by atoms with Crippen LogP contribution in [-0.4, -0.2) is 368 Å². The SMILES string of the molecule is CC(=O)N[C@H]1[C@H](O[C@H]2[C@@H](O)[C@@H](CO)O[C@@H](O[C@H]3[C@H](O)[C@@H](O)[C@H](O)O[C@@H]3CO)[C@@H]2O)O[C@H](CO)[C@@H](O[C@@H]2O[C@H](CO)[C@H](O)[C@H](O[C@H]3O[C@H](CO)[C@H](O)[C@H](O[C@@H]4O[C@H](CO)[C@H](O)[C@H](O)[C@H]4O)[C@H]3NC(C)=O)[C@H]2O[C@@H]2O[C@@H](C)[C@@H](O)[C@@H](O)[C@@H]2O)[C@@H]1O. The molecule has 7 aliphatic heterocycles. The minimum Gasteiger partial charge on any atom is -0.394 e. The Morgan fingerprint density at radius 1 is 0.313 bits per heavy atom. The Hall–Kier alpha value is -2.38. The number of hydrogen-bond donors (Lipinski definition) is 22. The highest BCUT2D eigenvalue weighted by Gasteiger charge is 2.60. The first-order chi connectivity index (χ1) is 39.2. The average Bonchev–Trinajstić information content (AvgIpc) is 2.43. The normalized spacial score (nSPS) is 50.8. The molecule has 7 rings (SSSR count). The zero-order valence-electron chi connectivity index (χ0n) is 44.5. The number of carbonyl (C=O) groups excluding carboxylic acids is 2. The van der Waals surface area contributed by atoms with Crippen molar-refractivity contribution < 1.29 is 173 Å². The maximum atomic E-state index is 12.9. The molecule has 0 saturated carbocycles. The number of rotatable bonds is 20. The third kappa shape index (κ3) is 14.5. The maximum Gasteiger partial charge on any atom is 0.217 e. The van der Waals surface area contributed by atoms with Crippen molar-refractivity contribution in [2.24, 2.45) is 0 Å². The van der Waals surface area contributed by atoms with Crippen LogP contribution < -0.4 is 10.6 Å². The molecule has 0 spiro atoms. The van der Waals surface area contributed by atoms with Crippen molar-refractivity contribution in [3.8, 4) is 0 Å². The van der Waals surface area contributed by atoms with Gasteiger partial charge in [-0.25, -0.2) is 0 Å². The van der Waals surface area contributed by atoms with E-state index < -0.39 is 266 Å². The summed E-state index contributed by atoms with van der Waals surface area (Å²) in [5.74, 6) is -1.81. The van der Waals surface area contributed by atoms with Gasteiger partial charge in [0, 0.05) is 13.8 Å². The van der Waals surface area contributed by atoms with Crippen molar-refractivity contribution >= 4 is 11.8 Å². The zero-order valence-corrected chi connectivity index (χ0v) is 44.5. The zero-order chi connectivity index (χ0) is 61.2. The minimum absolute atomic E-state index is 0.897. The van der Waals surface area contributed by atoms with Crippen LogP contribution in [0.25, 0.3) is 0 Å². The van der Waals surface area contributed by atoms with Gasteiger partial charge in [0.25, 0.3) is 0 Å². The fraction of sp³-hybridized carbons (Fsp3) is 0.957. The second-order valence-electron chi connectivity index (χ2n) is 21.0. The molecule has 482 valence electrons. The van der Waals surface area contributed by atoms with Crippen molar-refractivity contribution in [1.82, 2.24) is 10.6 Å². The molecule has 0 aliphatic carbocycles. The highest BCUT2D eigenvalue weighted by Crippen LogP contribution is 2.39. The molecule has 0 bridgehead atoms. The van der Waals surface area contributed by atoms with Crippen LogP contribution >= 0.6 is 0 Å². The van der Waals surface area contributed by atoms with Crippen molar-refractivity contribution in [2.45, 2.75) is 236 Å². The molecule has 7 aliphatic rings. The minimum atomic E-state index is -2.23. The third-order valence-electron chi connectivity index (χ3n) is 15.3. The molecule has 0 unspecified atom stereocenters. The topological polar surface area (TPSA) is 583 Å². The third-order valence-corrected chi connectivity index (χ3v) is 15.3. The lowest BCUT2D eigenvalue weighted by Crippen LogP contribution is -2.71. The first-order valence-electron chi connectivity index (χ1n) is 26.5. The largest absolute Gasteiger partial charge is 0.394 e. The quantitative estimate of drug-likeness (QED) is 0.0538. The van der Waals surface area contributed by atoms with Gasteiger partial charge in [-0.1, -0.05) is 0 Å². The van der Waals surface area contributed by atoms with Gasteiger partial charge in [0.1, 0.15) is 165 Å². The van der Waals surface area contributed by atoms with Crippen LogP contribution in [0, 0.1) is 0 Å². The molecule has 2 amide bonds. The summed E-state index contributed by atoms with van der Waals surface area (Å²) in [4.78, 5) is 25.8. The highest BCUT2D eigenvalue weighted by molar-refractivity contribution is 5.73. The van der Waals surface area contributed by atoms with Gasteiger partial charge in [-0.3, -0.25) is 9.59 Å². The van der Waals surface area contributed by atoms with E-state index in [1.165, 1.54) is 6.92 Å². The summed E-state index contributed by atoms with van der Waals surface area (Å²) in [5, 5.41) is 221. The monoisotopic (exact) mass is 1220 g/mol. The lowest BCUT2D eigenvalue weighted by atomic mass is 9.93. The van der Waals surface area contributed by atoms with Crippen LogP contribution in [0.4, 0.5) is 0 Å². The van der Waals surface area contributed by atoms with Crippen LogP contribution in [-0.2, 0) is 71.2 Å². The van der Waals surface area contributed by atoms with Gasteiger partial charge in [-0.05, 0) is 6.92 Å². The van der Waals surface area contributed by atoms with Gasteiger partial charge in [0.05, 0.1) is 45.7 Å². The van der Waals surface area contributed by atoms with E-state index in [1.54, 1.807) is 0 Å². The molecule has 0 aromatic carbocycles. The van der Waals surface area contributed by atoms with E-state index in [1.807, 2.05) is 0 Å². The smallest absolute Gasteiger partial charge is 0.217 e. The number of ether oxygens (including phenoxy) is 13. The first kappa shape index (κ1) is 68.1. The average molecular weight is 1220 g/mol. The molecule has 0 aromatic heterocycles. The second-order valence-corrected chi connectivity index (χ2v) is 21.0. The second kappa shape index (κ2) is 29.3. The number of nitrogens with one attached hydrogen (secondary N) is 2. The van der Waals surface area contributed by atoms with Crippen LogP contribution in [0.5, 0.6) is 0 Å². The Labute approximate surface area is 470 Å². The van der Waals surface area contributed by atoms with Gasteiger partial charge in [-0.2, -0.15) is 0 Å². The van der Waals surface area contributed by atoms with Crippen molar-refractivity contribution in [3.63, 3.8) is 0 Å². The predicted molar refractivity (Wildman–Crippen MR) is 254 cm³/mol. The number of carbonyl (C=O) groups is 2. The Morgan fingerprint density at radius 3 is 1.23 bits per heavy atom. The molecule has 37 heteroatoms. The van der Waals surface area contributed by atoms with E-state index in [4.69, 9.17) is 61.6 Å². The summed E-state index contributed by atoms with van der Waals surface area (Å²) < 4.78 is 76.0. The molecule has 7 fully saturated rings. The van der Waals surface area contributed by atoms with Gasteiger partial charge in [0.2, 0.25) is 11.8 Å². The van der Waals surface area contributed by atoms with Gasteiger partial charge in [0.15, 0.2) is 44.0 Å². The van der Waals surface area contributed by atoms with Crippen LogP contribution in [0.15, 0.2) is 0 Å². The molecule has 0 radical (unpaired) electrons. The van der Waals surface area contributed by atoms with Crippen molar-refractivity contribution in [2.75, 3.05) is 39.6 Å². The molecule has 83 heavy (non-hydrogen) atoms. The summed E-state index contributed by atoms with van der Waals surface area (Å²) >= 11 is 0. The molecule has 35 atom stereocenters. The van der Waals surface area contributed by atoms with Crippen LogP contribution in [0.3, 0.4) is 0 Å². The lowest BCUT2D eigenvalue weighted by Gasteiger charge is -2.52. The number of amides is 2. The van der Waals surface area contributed by atoms with E-state index >= 15 is 0 Å². The standard InChI is InChI=1S/C46H78N2O35/c1-10-21(57)27(63)31(67)43(71-10)83-39-38(82-42-20(48-12(3)56)36(23(59)14(5-50)73-42)80-44-32(68)28(64)22(58)13(4-49)74-44)25(61)16(7-52)76-46(39)79-34-18(9-54)77-41(19(26(34)62)47-11(2)55)81-37-24(60)15(6-51)75-45(33(37)69)78-35-17(8-53)72-40(70)30(66)29(35)65/h10,13-46,49-54,57-70H,4-9H2,1-3H3,(H,47,55)(H,48,56)/t10-,13+,14+,15+,16+,17+,18+,19+,20+,21+,22-,23-,24-,25-,26+,27+,28-,29+,30+,31-,32+,33+,34+,35+,36+,37-,38-,39+,40+,41-,42+,43-,44-,45-,46-/m0/s1. The van der Waals surface area contributed by atoms with E-state index in [9.17, 15) is 112 Å². The van der Waals surface area contributed by atoms with E-state index in [0.29, 0.717) is 0 Å². The Morgan fingerprint density at radius 2 is 0.675 bits per heavy atom. The molecular weight excluding hydrogens is 1140 g/mol. The molecule has 0 aromatic rings. The maximum absolute atomic E-state index is 12.9. The molecule has 7 heterocycles. The Bertz CT molecular complexity index is 2040. The Balaban J connectivity index is 1.22. The fourth-order valence-corrected chi connectivity index (χ4v) is 10.7. The number of hydrogen-bond acceptors (Lipinski definition) is 35. The summed E-state index contributed by atoms with van der Waals surface area (Å²) in [6.07, 6.45) is -64.7. The number of aliphatic hydroxyl groups excluding tert-OH is 20. The van der Waals surface area contributed by atoms with Gasteiger partial charge >= 0.3 is 0 Å². The van der Waals surface area contributed by atoms with Gasteiger partial charge in [-0.15, -0.1) is 0 Å². The summed E-state index contributed by atoms with van der Waals surface area (Å²) in [6, 6.07) is -3.74. The predicted octanol–water partition coefficient (Wildman–Crippen LogP) is -15.0. The highest BCUT2D eigenvalue weighted by atomic mass is 16.8. The van der Waals surface area contributed by atoms with E-state index in [0.717, 1.165) is 13.8 Å². The Kier molecular flexibility index (Phi) is 24.0. The molecule has 22 N–H and O–H groups in total. The molecular formula is C46H78N2O35. The van der Waals surface area contributed by atoms with E-state index in [-0.39, 0.29) is 0 Å². The summed E-state index contributed by atoms with van der Waals surface area (Å²) in [7, 11) is 0. The fourth-order valence-electron chi connectivity index (χ4n) is 10.7.